The number of ether oxygens (including phenoxy) is 2. The lowest BCUT2D eigenvalue weighted by atomic mass is 9.99. The normalized spacial score (nSPS) is 20.4. The van der Waals surface area contributed by atoms with E-state index in [4.69, 9.17) is 15.2 Å². The summed E-state index contributed by atoms with van der Waals surface area (Å²) in [5.41, 5.74) is 5.89. The van der Waals surface area contributed by atoms with Gasteiger partial charge in [0.15, 0.2) is 6.29 Å². The monoisotopic (exact) mass is 395 g/mol. The van der Waals surface area contributed by atoms with Gasteiger partial charge in [-0.05, 0) is 58.8 Å². The van der Waals surface area contributed by atoms with Gasteiger partial charge in [0.05, 0.1) is 12.7 Å². The van der Waals surface area contributed by atoms with Crippen molar-refractivity contribution in [3.05, 3.63) is 12.2 Å². The van der Waals surface area contributed by atoms with Crippen molar-refractivity contribution in [1.29, 1.82) is 0 Å². The second-order valence-corrected chi connectivity index (χ2v) is 9.44. The van der Waals surface area contributed by atoms with Crippen molar-refractivity contribution in [2.45, 2.75) is 141 Å². The largest absolute Gasteiger partial charge is 0.350 e. The highest BCUT2D eigenvalue weighted by Crippen LogP contribution is 2.23. The summed E-state index contributed by atoms with van der Waals surface area (Å²) < 4.78 is 11.7. The predicted octanol–water partition coefficient (Wildman–Crippen LogP) is 7.28. The fourth-order valence-corrected chi connectivity index (χ4v) is 3.91. The van der Waals surface area contributed by atoms with E-state index in [1.54, 1.807) is 0 Å². The third kappa shape index (κ3) is 15.5. The number of unbranched alkanes of at least 4 members (excludes halogenated alkanes) is 12. The highest BCUT2D eigenvalue weighted by Gasteiger charge is 2.29. The first kappa shape index (κ1) is 25.7. The van der Waals surface area contributed by atoms with E-state index in [1.807, 2.05) is 0 Å². The van der Waals surface area contributed by atoms with E-state index in [1.165, 1.54) is 89.9 Å². The average molecular weight is 396 g/mol. The Balaban J connectivity index is 1.80. The number of rotatable bonds is 18. The molecule has 0 spiro atoms. The summed E-state index contributed by atoms with van der Waals surface area (Å²) >= 11 is 0. The molecule has 166 valence electrons. The van der Waals surface area contributed by atoms with Gasteiger partial charge in [-0.3, -0.25) is 0 Å². The first-order chi connectivity index (χ1) is 13.5. The first-order valence-corrected chi connectivity index (χ1v) is 12.2. The van der Waals surface area contributed by atoms with Gasteiger partial charge in [-0.25, -0.2) is 0 Å². The van der Waals surface area contributed by atoms with Crippen LogP contribution in [-0.4, -0.2) is 24.5 Å². The maximum atomic E-state index is 6.06. The molecule has 1 saturated heterocycles. The molecule has 1 fully saturated rings. The molecule has 28 heavy (non-hydrogen) atoms. The van der Waals surface area contributed by atoms with E-state index in [0.717, 1.165) is 12.8 Å². The SMILES string of the molecule is CCCCCCCC/C=C\CCCCCCCCC1OCC(CC(C)(C)N)O1. The first-order valence-electron chi connectivity index (χ1n) is 12.2. The third-order valence-corrected chi connectivity index (χ3v) is 5.52. The average Bonchev–Trinajstić information content (AvgIpc) is 3.06. The van der Waals surface area contributed by atoms with Crippen molar-refractivity contribution in [2.24, 2.45) is 5.73 Å². The Bertz CT molecular complexity index is 375. The third-order valence-electron chi connectivity index (χ3n) is 5.52. The molecule has 0 radical (unpaired) electrons. The minimum Gasteiger partial charge on any atom is -0.350 e. The molecule has 0 aromatic rings. The smallest absolute Gasteiger partial charge is 0.158 e. The lowest BCUT2D eigenvalue weighted by Gasteiger charge is -2.21. The fourth-order valence-electron chi connectivity index (χ4n) is 3.91. The summed E-state index contributed by atoms with van der Waals surface area (Å²) in [4.78, 5) is 0. The summed E-state index contributed by atoms with van der Waals surface area (Å²) in [6.45, 7) is 7.09. The Morgan fingerprint density at radius 1 is 0.821 bits per heavy atom. The van der Waals surface area contributed by atoms with Gasteiger partial charge >= 0.3 is 0 Å². The number of hydrogen-bond acceptors (Lipinski definition) is 3. The van der Waals surface area contributed by atoms with E-state index in [2.05, 4.69) is 32.9 Å². The molecule has 1 rings (SSSR count). The van der Waals surface area contributed by atoms with Gasteiger partial charge in [-0.15, -0.1) is 0 Å². The van der Waals surface area contributed by atoms with Crippen molar-refractivity contribution in [1.82, 2.24) is 0 Å². The van der Waals surface area contributed by atoms with Gasteiger partial charge in [0.1, 0.15) is 0 Å². The minimum absolute atomic E-state index is 0.00383. The lowest BCUT2D eigenvalue weighted by Crippen LogP contribution is -2.37. The zero-order valence-electron chi connectivity index (χ0n) is 19.2. The molecule has 3 nitrogen and oxygen atoms in total. The van der Waals surface area contributed by atoms with Crippen molar-refractivity contribution in [3.63, 3.8) is 0 Å². The summed E-state index contributed by atoms with van der Waals surface area (Å²) in [5, 5.41) is 0. The van der Waals surface area contributed by atoms with E-state index in [9.17, 15) is 0 Å². The van der Waals surface area contributed by atoms with Gasteiger partial charge in [-0.2, -0.15) is 0 Å². The van der Waals surface area contributed by atoms with Gasteiger partial charge in [0.2, 0.25) is 0 Å². The number of hydrogen-bond donors (Lipinski definition) is 1. The van der Waals surface area contributed by atoms with Crippen molar-refractivity contribution in [3.8, 4) is 0 Å². The topological polar surface area (TPSA) is 44.5 Å². The highest BCUT2D eigenvalue weighted by molar-refractivity contribution is 4.81. The van der Waals surface area contributed by atoms with Crippen LogP contribution in [0.25, 0.3) is 0 Å². The fraction of sp³-hybridized carbons (Fsp3) is 0.920. The van der Waals surface area contributed by atoms with E-state index < -0.39 is 0 Å². The van der Waals surface area contributed by atoms with Crippen LogP contribution >= 0.6 is 0 Å². The summed E-state index contributed by atoms with van der Waals surface area (Å²) in [5.74, 6) is 0. The zero-order valence-corrected chi connectivity index (χ0v) is 19.2. The standard InChI is InChI=1S/C25H49NO2/c1-4-5-6-7-8-9-10-11-12-13-14-15-16-17-18-19-20-24-27-22-23(28-24)21-25(2,3)26/h11-12,23-24H,4-10,13-22,26H2,1-3H3/b12-11-. The molecule has 2 atom stereocenters. The van der Waals surface area contributed by atoms with Crippen LogP contribution in [0.5, 0.6) is 0 Å². The predicted molar refractivity (Wildman–Crippen MR) is 122 cm³/mol. The van der Waals surface area contributed by atoms with Crippen molar-refractivity contribution in [2.75, 3.05) is 6.61 Å². The van der Waals surface area contributed by atoms with Crippen LogP contribution < -0.4 is 5.73 Å². The second-order valence-electron chi connectivity index (χ2n) is 9.44. The molecular formula is C25H49NO2. The molecular weight excluding hydrogens is 346 g/mol. The quantitative estimate of drug-likeness (QED) is 0.196. The lowest BCUT2D eigenvalue weighted by molar-refractivity contribution is -0.0661. The maximum Gasteiger partial charge on any atom is 0.158 e. The van der Waals surface area contributed by atoms with E-state index in [0.29, 0.717) is 6.61 Å². The molecule has 0 bridgehead atoms. The van der Waals surface area contributed by atoms with Gasteiger partial charge < -0.3 is 15.2 Å². The molecule has 1 heterocycles. The van der Waals surface area contributed by atoms with Crippen LogP contribution in [-0.2, 0) is 9.47 Å². The van der Waals surface area contributed by atoms with Gasteiger partial charge in [0.25, 0.3) is 0 Å². The second kappa shape index (κ2) is 16.4. The Labute approximate surface area is 175 Å². The Hall–Kier alpha value is -0.380. The highest BCUT2D eigenvalue weighted by atomic mass is 16.7. The van der Waals surface area contributed by atoms with E-state index >= 15 is 0 Å². The molecule has 0 saturated carbocycles. The molecule has 0 aliphatic carbocycles. The van der Waals surface area contributed by atoms with Crippen LogP contribution in [0.15, 0.2) is 12.2 Å². The maximum absolute atomic E-state index is 6.06. The molecule has 2 N–H and O–H groups in total. The van der Waals surface area contributed by atoms with Gasteiger partial charge in [-0.1, -0.05) is 76.9 Å². The molecule has 1 aliphatic heterocycles. The Morgan fingerprint density at radius 3 is 1.93 bits per heavy atom. The van der Waals surface area contributed by atoms with Crippen LogP contribution in [0.3, 0.4) is 0 Å². The molecule has 0 aromatic heterocycles. The minimum atomic E-state index is -0.174. The van der Waals surface area contributed by atoms with Crippen molar-refractivity contribution < 1.29 is 9.47 Å². The Morgan fingerprint density at radius 2 is 1.36 bits per heavy atom. The van der Waals surface area contributed by atoms with Crippen LogP contribution in [0.4, 0.5) is 0 Å². The molecule has 0 aromatic carbocycles. The Kier molecular flexibility index (Phi) is 15.0. The van der Waals surface area contributed by atoms with Crippen LogP contribution in [0.1, 0.15) is 124 Å². The summed E-state index contributed by atoms with van der Waals surface area (Å²) in [7, 11) is 0. The molecule has 1 aliphatic rings. The number of allylic oxidation sites excluding steroid dienone is 2. The summed E-state index contributed by atoms with van der Waals surface area (Å²) in [6, 6.07) is 0. The molecule has 0 amide bonds. The summed E-state index contributed by atoms with van der Waals surface area (Å²) in [6.07, 6.45) is 25.7. The van der Waals surface area contributed by atoms with Crippen LogP contribution in [0.2, 0.25) is 0 Å². The van der Waals surface area contributed by atoms with Gasteiger partial charge in [0, 0.05) is 5.54 Å². The zero-order chi connectivity index (χ0) is 20.5. The molecule has 2 unspecified atom stereocenters. The van der Waals surface area contributed by atoms with Crippen molar-refractivity contribution >= 4 is 0 Å². The van der Waals surface area contributed by atoms with Crippen LogP contribution in [0, 0.1) is 0 Å². The van der Waals surface area contributed by atoms with E-state index in [-0.39, 0.29) is 17.9 Å². The number of nitrogens with two attached hydrogens (primary N) is 1. The molecule has 3 heteroatoms.